The molecule has 0 bridgehead atoms. The van der Waals surface area contributed by atoms with Crippen molar-refractivity contribution in [3.8, 4) is 0 Å². The van der Waals surface area contributed by atoms with E-state index in [2.05, 4.69) is 38.6 Å². The third kappa shape index (κ3) is 2.75. The molecular weight excluding hydrogens is 192 g/mol. The van der Waals surface area contributed by atoms with Gasteiger partial charge in [-0.3, -0.25) is 0 Å². The van der Waals surface area contributed by atoms with Crippen molar-refractivity contribution in [1.82, 2.24) is 0 Å². The van der Waals surface area contributed by atoms with Crippen LogP contribution in [0.15, 0.2) is 30.4 Å². The molecule has 2 rings (SSSR count). The minimum atomic E-state index is 0.860. The molecule has 0 unspecified atom stereocenters. The molecule has 0 amide bonds. The zero-order chi connectivity index (χ0) is 11.5. The number of allylic oxidation sites excluding steroid dienone is 1. The number of hydrogen-bond donors (Lipinski definition) is 0. The van der Waals surface area contributed by atoms with Gasteiger partial charge in [-0.2, -0.15) is 0 Å². The molecule has 16 heavy (non-hydrogen) atoms. The van der Waals surface area contributed by atoms with E-state index in [-0.39, 0.29) is 0 Å². The van der Waals surface area contributed by atoms with Crippen molar-refractivity contribution in [2.75, 3.05) is 0 Å². The molecule has 0 heteroatoms. The van der Waals surface area contributed by atoms with E-state index in [0.717, 1.165) is 18.8 Å². The third-order valence-corrected chi connectivity index (χ3v) is 3.47. The smallest absolute Gasteiger partial charge is 0.00671 e. The van der Waals surface area contributed by atoms with Crippen LogP contribution in [0, 0.1) is 6.92 Å². The first-order valence-electron chi connectivity index (χ1n) is 6.46. The van der Waals surface area contributed by atoms with Crippen molar-refractivity contribution in [2.45, 2.75) is 51.9 Å². The molecule has 0 heterocycles. The third-order valence-electron chi connectivity index (χ3n) is 3.47. The maximum Gasteiger partial charge on any atom is -0.00671 e. The van der Waals surface area contributed by atoms with Gasteiger partial charge in [0, 0.05) is 0 Å². The highest BCUT2D eigenvalue weighted by molar-refractivity contribution is 5.36. The molecule has 1 fully saturated rings. The van der Waals surface area contributed by atoms with E-state index in [1.165, 1.54) is 36.0 Å². The maximum absolute atomic E-state index is 4.17. The monoisotopic (exact) mass is 214 g/mol. The molecule has 0 saturated heterocycles. The van der Waals surface area contributed by atoms with Crippen LogP contribution in [0.5, 0.6) is 0 Å². The van der Waals surface area contributed by atoms with E-state index in [1.54, 1.807) is 5.56 Å². The molecule has 1 aromatic rings. The molecule has 1 aromatic carbocycles. The normalized spacial score (nSPS) is 15.1. The van der Waals surface area contributed by atoms with Crippen molar-refractivity contribution in [2.24, 2.45) is 0 Å². The Kier molecular flexibility index (Phi) is 3.48. The molecule has 0 atom stereocenters. The number of hydrogen-bond acceptors (Lipinski definition) is 0. The summed E-state index contributed by atoms with van der Waals surface area (Å²) >= 11 is 0. The minimum absolute atomic E-state index is 0.860. The van der Waals surface area contributed by atoms with Crippen LogP contribution in [0.3, 0.4) is 0 Å². The zero-order valence-electron chi connectivity index (χ0n) is 10.6. The van der Waals surface area contributed by atoms with Gasteiger partial charge in [0.15, 0.2) is 0 Å². The molecule has 0 aromatic heterocycles. The topological polar surface area (TPSA) is 0 Å². The van der Waals surface area contributed by atoms with Gasteiger partial charge in [0.05, 0.1) is 0 Å². The van der Waals surface area contributed by atoms with Crippen molar-refractivity contribution in [3.05, 3.63) is 47.0 Å². The van der Waals surface area contributed by atoms with Crippen LogP contribution in [0.25, 0.3) is 0 Å². The lowest BCUT2D eigenvalue weighted by Crippen LogP contribution is -1.94. The maximum atomic E-state index is 4.17. The average molecular weight is 214 g/mol. The fourth-order valence-electron chi connectivity index (χ4n) is 2.26. The van der Waals surface area contributed by atoms with E-state index in [1.807, 2.05) is 0 Å². The second kappa shape index (κ2) is 4.86. The van der Waals surface area contributed by atoms with E-state index in [0.29, 0.717) is 0 Å². The molecule has 86 valence electrons. The van der Waals surface area contributed by atoms with Gasteiger partial charge in [0.1, 0.15) is 0 Å². The van der Waals surface area contributed by atoms with Gasteiger partial charge in [0.2, 0.25) is 0 Å². The molecular formula is C16H22. The Labute approximate surface area is 99.4 Å². The fraction of sp³-hybridized carbons (Fsp3) is 0.500. The van der Waals surface area contributed by atoms with Crippen LogP contribution >= 0.6 is 0 Å². The van der Waals surface area contributed by atoms with E-state index < -0.39 is 0 Å². The molecule has 0 nitrogen and oxygen atoms in total. The van der Waals surface area contributed by atoms with Crippen LogP contribution in [-0.4, -0.2) is 0 Å². The molecule has 0 aliphatic heterocycles. The fourth-order valence-corrected chi connectivity index (χ4v) is 2.26. The molecule has 0 spiro atoms. The van der Waals surface area contributed by atoms with Crippen LogP contribution in [0.1, 0.15) is 55.2 Å². The molecule has 0 N–H and O–H groups in total. The van der Waals surface area contributed by atoms with E-state index in [4.69, 9.17) is 0 Å². The first kappa shape index (κ1) is 11.4. The van der Waals surface area contributed by atoms with Gasteiger partial charge in [-0.05, 0) is 55.2 Å². The van der Waals surface area contributed by atoms with Crippen LogP contribution in [0.4, 0.5) is 0 Å². The largest absolute Gasteiger partial charge is 0.0995 e. The Morgan fingerprint density at radius 1 is 1.38 bits per heavy atom. The minimum Gasteiger partial charge on any atom is -0.0995 e. The van der Waals surface area contributed by atoms with Crippen LogP contribution < -0.4 is 0 Å². The summed E-state index contributed by atoms with van der Waals surface area (Å²) < 4.78 is 0. The van der Waals surface area contributed by atoms with Crippen molar-refractivity contribution >= 4 is 0 Å². The van der Waals surface area contributed by atoms with Crippen molar-refractivity contribution in [1.29, 1.82) is 0 Å². The van der Waals surface area contributed by atoms with Crippen LogP contribution in [0.2, 0.25) is 0 Å². The average Bonchev–Trinajstić information content (AvgIpc) is 3.05. The highest BCUT2D eigenvalue weighted by Gasteiger charge is 2.23. The van der Waals surface area contributed by atoms with E-state index >= 15 is 0 Å². The Morgan fingerprint density at radius 2 is 2.12 bits per heavy atom. The Bertz CT molecular complexity index is 383. The standard InChI is InChI=1S/C16H22/c1-4-5-12(2)10-16-11-15(14-8-9-14)7-6-13(16)3/h6-7,11,14H,2,4-5,8-10H2,1,3H3. The summed E-state index contributed by atoms with van der Waals surface area (Å²) in [5.41, 5.74) is 5.83. The Morgan fingerprint density at radius 3 is 2.75 bits per heavy atom. The number of benzene rings is 1. The lowest BCUT2D eigenvalue weighted by Gasteiger charge is -2.10. The summed E-state index contributed by atoms with van der Waals surface area (Å²) in [5, 5.41) is 0. The van der Waals surface area contributed by atoms with Gasteiger partial charge in [0.25, 0.3) is 0 Å². The van der Waals surface area contributed by atoms with E-state index in [9.17, 15) is 0 Å². The quantitative estimate of drug-likeness (QED) is 0.619. The molecule has 1 saturated carbocycles. The summed E-state index contributed by atoms with van der Waals surface area (Å²) in [6.45, 7) is 8.61. The van der Waals surface area contributed by atoms with Gasteiger partial charge < -0.3 is 0 Å². The lowest BCUT2D eigenvalue weighted by molar-refractivity contribution is 0.871. The lowest BCUT2D eigenvalue weighted by atomic mass is 9.96. The van der Waals surface area contributed by atoms with Gasteiger partial charge in [-0.15, -0.1) is 0 Å². The highest BCUT2D eigenvalue weighted by Crippen LogP contribution is 2.40. The van der Waals surface area contributed by atoms with Gasteiger partial charge in [-0.1, -0.05) is 43.7 Å². The number of rotatable bonds is 5. The van der Waals surface area contributed by atoms with Gasteiger partial charge >= 0.3 is 0 Å². The van der Waals surface area contributed by atoms with Crippen molar-refractivity contribution < 1.29 is 0 Å². The summed E-state index contributed by atoms with van der Waals surface area (Å²) in [4.78, 5) is 0. The Balaban J connectivity index is 2.11. The van der Waals surface area contributed by atoms with Gasteiger partial charge in [-0.25, -0.2) is 0 Å². The predicted molar refractivity (Wildman–Crippen MR) is 70.9 cm³/mol. The second-order valence-electron chi connectivity index (χ2n) is 5.14. The second-order valence-corrected chi connectivity index (χ2v) is 5.14. The Hall–Kier alpha value is -1.04. The predicted octanol–water partition coefficient (Wildman–Crippen LogP) is 4.77. The summed E-state index contributed by atoms with van der Waals surface area (Å²) in [5.74, 6) is 0.860. The molecule has 1 aliphatic rings. The SMILES string of the molecule is C=C(CCC)Cc1cc(C2CC2)ccc1C. The van der Waals surface area contributed by atoms with Crippen LogP contribution in [-0.2, 0) is 6.42 Å². The summed E-state index contributed by atoms with van der Waals surface area (Å²) in [6.07, 6.45) is 6.21. The highest BCUT2D eigenvalue weighted by atomic mass is 14.3. The van der Waals surface area contributed by atoms with Crippen molar-refractivity contribution in [3.63, 3.8) is 0 Å². The number of aryl methyl sites for hydroxylation is 1. The molecule has 1 aliphatic carbocycles. The first-order chi connectivity index (χ1) is 7.70. The molecule has 0 radical (unpaired) electrons. The first-order valence-corrected chi connectivity index (χ1v) is 6.46. The summed E-state index contributed by atoms with van der Waals surface area (Å²) in [7, 11) is 0. The zero-order valence-corrected chi connectivity index (χ0v) is 10.6. The summed E-state index contributed by atoms with van der Waals surface area (Å²) in [6, 6.07) is 7.00.